The molecule has 0 amide bonds. The summed E-state index contributed by atoms with van der Waals surface area (Å²) in [7, 11) is 0. The molecule has 1 aliphatic carbocycles. The van der Waals surface area contributed by atoms with Crippen LogP contribution in [0.25, 0.3) is 0 Å². The van der Waals surface area contributed by atoms with E-state index in [1.165, 1.54) is 5.56 Å². The van der Waals surface area contributed by atoms with Gasteiger partial charge < -0.3 is 4.74 Å². The first-order valence-electron chi connectivity index (χ1n) is 8.21. The molecule has 1 saturated carbocycles. The first-order valence-corrected chi connectivity index (χ1v) is 8.21. The van der Waals surface area contributed by atoms with Gasteiger partial charge >= 0.3 is 0 Å². The van der Waals surface area contributed by atoms with Gasteiger partial charge in [-0.2, -0.15) is 0 Å². The number of rotatable bonds is 2. The minimum absolute atomic E-state index is 0.190. The normalized spacial score (nSPS) is 29.1. The summed E-state index contributed by atoms with van der Waals surface area (Å²) in [5.74, 6) is 2.32. The number of para-hydroxylation sites is 1. The molecule has 3 atom stereocenters. The molecule has 0 bridgehead atoms. The smallest absolute Gasteiger partial charge is 0.136 e. The molecule has 1 aromatic rings. The first kappa shape index (κ1) is 14.6. The Bertz CT molecular complexity index is 502. The zero-order chi connectivity index (χ0) is 15.0. The van der Waals surface area contributed by atoms with Crippen molar-refractivity contribution in [2.45, 2.75) is 59.0 Å². The molecular formula is C19H26O2. The number of fused-ring (bicyclic) bond motifs is 1. The lowest BCUT2D eigenvalue weighted by molar-refractivity contribution is -0.127. The number of ketones is 1. The van der Waals surface area contributed by atoms with Gasteiger partial charge in [-0.25, -0.2) is 0 Å². The number of carbonyl (C=O) groups is 1. The highest BCUT2D eigenvalue weighted by Gasteiger charge is 2.37. The van der Waals surface area contributed by atoms with E-state index >= 15 is 0 Å². The van der Waals surface area contributed by atoms with Gasteiger partial charge in [-0.3, -0.25) is 4.79 Å². The highest BCUT2D eigenvalue weighted by Crippen LogP contribution is 2.41. The fraction of sp³-hybridized carbons (Fsp3) is 0.632. The Morgan fingerprint density at radius 2 is 2.00 bits per heavy atom. The maximum absolute atomic E-state index is 12.3. The minimum Gasteiger partial charge on any atom is -0.490 e. The summed E-state index contributed by atoms with van der Waals surface area (Å²) in [6, 6.07) is 8.25. The van der Waals surface area contributed by atoms with Crippen LogP contribution in [0.3, 0.4) is 0 Å². The van der Waals surface area contributed by atoms with Crippen molar-refractivity contribution in [1.29, 1.82) is 0 Å². The van der Waals surface area contributed by atoms with Gasteiger partial charge in [-0.05, 0) is 42.2 Å². The molecule has 0 N–H and O–H groups in total. The molecule has 2 nitrogen and oxygen atoms in total. The lowest BCUT2D eigenvalue weighted by Crippen LogP contribution is -2.34. The molecule has 3 unspecified atom stereocenters. The summed E-state index contributed by atoms with van der Waals surface area (Å²) in [4.78, 5) is 12.3. The van der Waals surface area contributed by atoms with E-state index in [1.54, 1.807) is 0 Å². The molecule has 1 aliphatic heterocycles. The summed E-state index contributed by atoms with van der Waals surface area (Å²) < 4.78 is 6.03. The average molecular weight is 286 g/mol. The van der Waals surface area contributed by atoms with Gasteiger partial charge in [0.1, 0.15) is 17.6 Å². The Hall–Kier alpha value is -1.31. The minimum atomic E-state index is 0.190. The summed E-state index contributed by atoms with van der Waals surface area (Å²) in [5.41, 5.74) is 1.59. The second kappa shape index (κ2) is 5.47. The number of ether oxygens (including phenoxy) is 1. The monoisotopic (exact) mass is 286 g/mol. The predicted molar refractivity (Wildman–Crippen MR) is 84.5 cm³/mol. The van der Waals surface area contributed by atoms with Gasteiger partial charge in [0.05, 0.1) is 0 Å². The van der Waals surface area contributed by atoms with E-state index in [0.29, 0.717) is 17.1 Å². The highest BCUT2D eigenvalue weighted by atomic mass is 16.5. The summed E-state index contributed by atoms with van der Waals surface area (Å²) in [6.07, 6.45) is 4.89. The Morgan fingerprint density at radius 3 is 2.71 bits per heavy atom. The lowest BCUT2D eigenvalue weighted by Gasteiger charge is -2.37. The molecule has 1 fully saturated rings. The zero-order valence-electron chi connectivity index (χ0n) is 13.4. The van der Waals surface area contributed by atoms with Crippen LogP contribution in [0.15, 0.2) is 24.3 Å². The van der Waals surface area contributed by atoms with Crippen molar-refractivity contribution in [3.8, 4) is 5.75 Å². The molecule has 0 aromatic heterocycles. The van der Waals surface area contributed by atoms with Crippen molar-refractivity contribution in [3.05, 3.63) is 29.8 Å². The van der Waals surface area contributed by atoms with Crippen LogP contribution >= 0.6 is 0 Å². The van der Waals surface area contributed by atoms with E-state index < -0.39 is 0 Å². The number of carbonyl (C=O) groups excluding carboxylic acids is 1. The zero-order valence-corrected chi connectivity index (χ0v) is 13.4. The van der Waals surface area contributed by atoms with Crippen molar-refractivity contribution in [2.75, 3.05) is 0 Å². The van der Waals surface area contributed by atoms with Crippen molar-refractivity contribution < 1.29 is 9.53 Å². The molecule has 2 heteroatoms. The van der Waals surface area contributed by atoms with Crippen LogP contribution in [0.2, 0.25) is 0 Å². The first-order chi connectivity index (χ1) is 9.93. The van der Waals surface area contributed by atoms with E-state index in [1.807, 2.05) is 12.1 Å². The number of hydrogen-bond donors (Lipinski definition) is 0. The molecule has 114 valence electrons. The van der Waals surface area contributed by atoms with Crippen molar-refractivity contribution in [1.82, 2.24) is 0 Å². The van der Waals surface area contributed by atoms with Crippen LogP contribution in [0.1, 0.15) is 52.0 Å². The van der Waals surface area contributed by atoms with Gasteiger partial charge in [-0.15, -0.1) is 0 Å². The number of Topliss-reactive ketones (excluding diaryl/α,β-unsaturated/α-hetero) is 1. The molecule has 0 saturated heterocycles. The maximum atomic E-state index is 12.3. The Labute approximate surface area is 127 Å². The number of hydrogen-bond acceptors (Lipinski definition) is 2. The molecule has 0 radical (unpaired) electrons. The molecule has 1 heterocycles. The quantitative estimate of drug-likeness (QED) is 0.805. The van der Waals surface area contributed by atoms with Gasteiger partial charge in [0.25, 0.3) is 0 Å². The number of benzene rings is 1. The lowest BCUT2D eigenvalue weighted by atomic mass is 9.67. The van der Waals surface area contributed by atoms with Crippen LogP contribution in [-0.2, 0) is 11.2 Å². The summed E-state index contributed by atoms with van der Waals surface area (Å²) in [6.45, 7) is 6.89. The third-order valence-electron chi connectivity index (χ3n) is 5.25. The van der Waals surface area contributed by atoms with Crippen LogP contribution in [0.5, 0.6) is 5.75 Å². The topological polar surface area (TPSA) is 26.3 Å². The van der Waals surface area contributed by atoms with Crippen molar-refractivity contribution in [2.24, 2.45) is 17.3 Å². The largest absolute Gasteiger partial charge is 0.490 e. The summed E-state index contributed by atoms with van der Waals surface area (Å²) in [5, 5.41) is 0. The third-order valence-corrected chi connectivity index (χ3v) is 5.25. The maximum Gasteiger partial charge on any atom is 0.136 e. The second-order valence-corrected chi connectivity index (χ2v) is 7.79. The van der Waals surface area contributed by atoms with Gasteiger partial charge in [0, 0.05) is 18.8 Å². The van der Waals surface area contributed by atoms with E-state index in [9.17, 15) is 4.79 Å². The van der Waals surface area contributed by atoms with E-state index in [2.05, 4.69) is 32.9 Å². The molecule has 3 rings (SSSR count). The van der Waals surface area contributed by atoms with Crippen molar-refractivity contribution >= 4 is 5.78 Å². The van der Waals surface area contributed by atoms with E-state index in [4.69, 9.17) is 4.74 Å². The molecular weight excluding hydrogens is 260 g/mol. The van der Waals surface area contributed by atoms with Crippen LogP contribution in [0.4, 0.5) is 0 Å². The van der Waals surface area contributed by atoms with Crippen molar-refractivity contribution in [3.63, 3.8) is 0 Å². The van der Waals surface area contributed by atoms with E-state index in [-0.39, 0.29) is 12.0 Å². The second-order valence-electron chi connectivity index (χ2n) is 7.79. The summed E-state index contributed by atoms with van der Waals surface area (Å²) >= 11 is 0. The Balaban J connectivity index is 1.64. The van der Waals surface area contributed by atoms with E-state index in [0.717, 1.165) is 37.9 Å². The molecule has 1 aromatic carbocycles. The average Bonchev–Trinajstić information content (AvgIpc) is 2.82. The Kier molecular flexibility index (Phi) is 3.81. The van der Waals surface area contributed by atoms with Crippen LogP contribution in [-0.4, -0.2) is 11.9 Å². The highest BCUT2D eigenvalue weighted by molar-refractivity contribution is 5.81. The van der Waals surface area contributed by atoms with Crippen LogP contribution < -0.4 is 4.74 Å². The van der Waals surface area contributed by atoms with Gasteiger partial charge in [-0.1, -0.05) is 39.0 Å². The van der Waals surface area contributed by atoms with Crippen LogP contribution in [0, 0.1) is 17.3 Å². The molecule has 21 heavy (non-hydrogen) atoms. The van der Waals surface area contributed by atoms with Gasteiger partial charge in [0.2, 0.25) is 0 Å². The predicted octanol–water partition coefficient (Wildman–Crippen LogP) is 4.41. The van der Waals surface area contributed by atoms with Gasteiger partial charge in [0.15, 0.2) is 0 Å². The molecule has 2 aliphatic rings. The fourth-order valence-electron chi connectivity index (χ4n) is 3.83. The molecule has 0 spiro atoms. The third kappa shape index (κ3) is 3.14. The Morgan fingerprint density at radius 1 is 1.24 bits per heavy atom. The SMILES string of the molecule is CC(C)(C)C1CCC(=O)C(CC2Cc3ccccc3O2)C1. The fourth-order valence-corrected chi connectivity index (χ4v) is 3.83. The standard InChI is InChI=1S/C19H26O2/c1-19(2,3)15-8-9-17(20)14(10-15)12-16-11-13-6-4-5-7-18(13)21-16/h4-7,14-16H,8-12H2,1-3H3.